The second kappa shape index (κ2) is 6.82. The summed E-state index contributed by atoms with van der Waals surface area (Å²) in [5.41, 5.74) is 2.99. The van der Waals surface area contributed by atoms with E-state index < -0.39 is 0 Å². The Balaban J connectivity index is 1.93. The predicted octanol–water partition coefficient (Wildman–Crippen LogP) is 2.29. The highest BCUT2D eigenvalue weighted by Gasteiger charge is 2.05. The molecule has 20 heavy (non-hydrogen) atoms. The summed E-state index contributed by atoms with van der Waals surface area (Å²) in [4.78, 5) is 15.6. The number of hydrogen-bond donors (Lipinski definition) is 2. The van der Waals surface area contributed by atoms with Crippen molar-refractivity contribution in [3.05, 3.63) is 65.5 Å². The molecular weight excluding hydrogens is 250 g/mol. The highest BCUT2D eigenvalue weighted by molar-refractivity contribution is 5.93. The second-order valence-corrected chi connectivity index (χ2v) is 4.66. The summed E-state index contributed by atoms with van der Waals surface area (Å²) in [6, 6.07) is 11.8. The first-order chi connectivity index (χ1) is 9.70. The molecule has 104 valence electrons. The molecule has 1 aromatic heterocycles. The minimum Gasteiger partial charge on any atom is -0.355 e. The topological polar surface area (TPSA) is 54.0 Å². The molecule has 0 saturated heterocycles. The van der Waals surface area contributed by atoms with Gasteiger partial charge in [0, 0.05) is 37.6 Å². The van der Waals surface area contributed by atoms with Gasteiger partial charge in [-0.3, -0.25) is 9.78 Å². The van der Waals surface area contributed by atoms with Crippen LogP contribution in [0.3, 0.4) is 0 Å². The lowest BCUT2D eigenvalue weighted by atomic mass is 10.1. The van der Waals surface area contributed by atoms with Gasteiger partial charge in [-0.1, -0.05) is 18.2 Å². The van der Waals surface area contributed by atoms with Crippen LogP contribution in [0.4, 0.5) is 0 Å². The molecule has 0 aliphatic rings. The van der Waals surface area contributed by atoms with Crippen molar-refractivity contribution in [3.8, 4) is 0 Å². The van der Waals surface area contributed by atoms with E-state index in [4.69, 9.17) is 0 Å². The van der Waals surface area contributed by atoms with Gasteiger partial charge in [0.05, 0.1) is 0 Å². The third-order valence-electron chi connectivity index (χ3n) is 3.24. The number of hydrogen-bond acceptors (Lipinski definition) is 3. The monoisotopic (exact) mass is 269 g/mol. The highest BCUT2D eigenvalue weighted by atomic mass is 16.1. The second-order valence-electron chi connectivity index (χ2n) is 4.66. The standard InChI is InChI=1S/C16H19N3O/c1-12(15-4-3-9-18-11-15)19-10-13-5-7-14(8-6-13)16(20)17-2/h3-9,11-12,19H,10H2,1-2H3,(H,17,20). The first-order valence-electron chi connectivity index (χ1n) is 6.65. The minimum atomic E-state index is -0.0618. The first-order valence-corrected chi connectivity index (χ1v) is 6.65. The van der Waals surface area contributed by atoms with Crippen molar-refractivity contribution in [2.75, 3.05) is 7.05 Å². The van der Waals surface area contributed by atoms with Gasteiger partial charge in [-0.25, -0.2) is 0 Å². The molecular formula is C16H19N3O. The molecule has 4 nitrogen and oxygen atoms in total. The predicted molar refractivity (Wildman–Crippen MR) is 79.3 cm³/mol. The van der Waals surface area contributed by atoms with Gasteiger partial charge in [0.1, 0.15) is 0 Å². The molecule has 2 N–H and O–H groups in total. The molecule has 1 amide bonds. The largest absolute Gasteiger partial charge is 0.355 e. The molecule has 2 aromatic rings. The third kappa shape index (κ3) is 3.65. The van der Waals surface area contributed by atoms with E-state index in [2.05, 4.69) is 28.6 Å². The Morgan fingerprint density at radius 1 is 1.25 bits per heavy atom. The van der Waals surface area contributed by atoms with Crippen molar-refractivity contribution in [1.82, 2.24) is 15.6 Å². The number of carbonyl (C=O) groups excluding carboxylic acids is 1. The van der Waals surface area contributed by atoms with E-state index in [0.29, 0.717) is 5.56 Å². The maximum absolute atomic E-state index is 11.4. The van der Waals surface area contributed by atoms with E-state index in [9.17, 15) is 4.79 Å². The Bertz CT molecular complexity index is 552. The van der Waals surface area contributed by atoms with Gasteiger partial charge < -0.3 is 10.6 Å². The summed E-state index contributed by atoms with van der Waals surface area (Å²) >= 11 is 0. The van der Waals surface area contributed by atoms with Crippen molar-refractivity contribution in [2.24, 2.45) is 0 Å². The van der Waals surface area contributed by atoms with Gasteiger partial charge in [-0.05, 0) is 36.2 Å². The van der Waals surface area contributed by atoms with E-state index in [1.807, 2.05) is 36.5 Å². The average Bonchev–Trinajstić information content (AvgIpc) is 2.53. The lowest BCUT2D eigenvalue weighted by Gasteiger charge is -2.14. The minimum absolute atomic E-state index is 0.0618. The molecule has 1 heterocycles. The van der Waals surface area contributed by atoms with Crippen LogP contribution in [0.1, 0.15) is 34.5 Å². The Hall–Kier alpha value is -2.20. The maximum Gasteiger partial charge on any atom is 0.251 e. The van der Waals surface area contributed by atoms with Gasteiger partial charge in [-0.2, -0.15) is 0 Å². The van der Waals surface area contributed by atoms with Crippen LogP contribution in [0.2, 0.25) is 0 Å². The van der Waals surface area contributed by atoms with Crippen LogP contribution in [0.15, 0.2) is 48.8 Å². The average molecular weight is 269 g/mol. The lowest BCUT2D eigenvalue weighted by Crippen LogP contribution is -2.19. The maximum atomic E-state index is 11.4. The van der Waals surface area contributed by atoms with E-state index in [1.54, 1.807) is 13.2 Å². The van der Waals surface area contributed by atoms with E-state index in [1.165, 1.54) is 0 Å². The van der Waals surface area contributed by atoms with Crippen molar-refractivity contribution < 1.29 is 4.79 Å². The SMILES string of the molecule is CNC(=O)c1ccc(CNC(C)c2cccnc2)cc1. The summed E-state index contributed by atoms with van der Waals surface area (Å²) in [5.74, 6) is -0.0618. The molecule has 0 bridgehead atoms. The lowest BCUT2D eigenvalue weighted by molar-refractivity contribution is 0.0963. The molecule has 0 saturated carbocycles. The number of aromatic nitrogens is 1. The van der Waals surface area contributed by atoms with Gasteiger partial charge in [0.25, 0.3) is 5.91 Å². The fourth-order valence-corrected chi connectivity index (χ4v) is 1.94. The first kappa shape index (κ1) is 14.2. The molecule has 1 atom stereocenters. The molecule has 0 radical (unpaired) electrons. The van der Waals surface area contributed by atoms with Crippen molar-refractivity contribution in [3.63, 3.8) is 0 Å². The van der Waals surface area contributed by atoms with Gasteiger partial charge >= 0.3 is 0 Å². The fourth-order valence-electron chi connectivity index (χ4n) is 1.94. The molecule has 0 aliphatic heterocycles. The van der Waals surface area contributed by atoms with Crippen LogP contribution in [-0.4, -0.2) is 17.9 Å². The van der Waals surface area contributed by atoms with E-state index >= 15 is 0 Å². The number of pyridine rings is 1. The Kier molecular flexibility index (Phi) is 4.85. The van der Waals surface area contributed by atoms with Crippen LogP contribution in [0.25, 0.3) is 0 Å². The number of amides is 1. The number of benzene rings is 1. The van der Waals surface area contributed by atoms with E-state index in [-0.39, 0.29) is 11.9 Å². The summed E-state index contributed by atoms with van der Waals surface area (Å²) in [7, 11) is 1.63. The van der Waals surface area contributed by atoms with Gasteiger partial charge in [0.15, 0.2) is 0 Å². The summed E-state index contributed by atoms with van der Waals surface area (Å²) in [6.45, 7) is 2.86. The number of rotatable bonds is 5. The third-order valence-corrected chi connectivity index (χ3v) is 3.24. The van der Waals surface area contributed by atoms with Gasteiger partial charge in [0.2, 0.25) is 0 Å². The van der Waals surface area contributed by atoms with Crippen LogP contribution in [0.5, 0.6) is 0 Å². The fraction of sp³-hybridized carbons (Fsp3) is 0.250. The molecule has 0 spiro atoms. The molecule has 0 aliphatic carbocycles. The van der Waals surface area contributed by atoms with Crippen LogP contribution < -0.4 is 10.6 Å². The zero-order chi connectivity index (χ0) is 14.4. The summed E-state index contributed by atoms with van der Waals surface area (Å²) in [5, 5.41) is 6.05. The Morgan fingerprint density at radius 2 is 2.00 bits per heavy atom. The molecule has 1 aromatic carbocycles. The smallest absolute Gasteiger partial charge is 0.251 e. The van der Waals surface area contributed by atoms with Gasteiger partial charge in [-0.15, -0.1) is 0 Å². The number of carbonyl (C=O) groups is 1. The van der Waals surface area contributed by atoms with Crippen molar-refractivity contribution in [1.29, 1.82) is 0 Å². The van der Waals surface area contributed by atoms with Crippen LogP contribution in [0, 0.1) is 0 Å². The number of nitrogens with zero attached hydrogens (tertiary/aromatic N) is 1. The van der Waals surface area contributed by atoms with Crippen molar-refractivity contribution in [2.45, 2.75) is 19.5 Å². The summed E-state index contributed by atoms with van der Waals surface area (Å²) < 4.78 is 0. The Morgan fingerprint density at radius 3 is 2.60 bits per heavy atom. The number of nitrogens with one attached hydrogen (secondary N) is 2. The molecule has 2 rings (SSSR count). The van der Waals surface area contributed by atoms with Crippen molar-refractivity contribution >= 4 is 5.91 Å². The highest BCUT2D eigenvalue weighted by Crippen LogP contribution is 2.11. The van der Waals surface area contributed by atoms with Crippen LogP contribution >= 0.6 is 0 Å². The zero-order valence-electron chi connectivity index (χ0n) is 11.8. The summed E-state index contributed by atoms with van der Waals surface area (Å²) in [6.07, 6.45) is 3.64. The quantitative estimate of drug-likeness (QED) is 0.875. The van der Waals surface area contributed by atoms with E-state index in [0.717, 1.165) is 17.7 Å². The molecule has 1 unspecified atom stereocenters. The molecule has 4 heteroatoms. The van der Waals surface area contributed by atoms with Crippen LogP contribution in [-0.2, 0) is 6.54 Å². The zero-order valence-corrected chi connectivity index (χ0v) is 11.8. The normalized spacial score (nSPS) is 11.9. The molecule has 0 fully saturated rings. The Labute approximate surface area is 119 Å².